The van der Waals surface area contributed by atoms with Gasteiger partial charge >= 0.3 is 0 Å². The Morgan fingerprint density at radius 2 is 2.19 bits per heavy atom. The van der Waals surface area contributed by atoms with Gasteiger partial charge in [-0.1, -0.05) is 17.7 Å². The second-order valence-corrected chi connectivity index (χ2v) is 8.04. The van der Waals surface area contributed by atoms with E-state index in [4.69, 9.17) is 11.6 Å². The van der Waals surface area contributed by atoms with Gasteiger partial charge < -0.3 is 20.2 Å². The van der Waals surface area contributed by atoms with E-state index in [2.05, 4.69) is 21.4 Å². The molecule has 0 aromatic carbocycles. The van der Waals surface area contributed by atoms with Gasteiger partial charge in [-0.25, -0.2) is 0 Å². The number of hydrogen-bond donors (Lipinski definition) is 3. The number of halogens is 1. The highest BCUT2D eigenvalue weighted by molar-refractivity contribution is 6.31. The third-order valence-electron chi connectivity index (χ3n) is 6.11. The standard InChI is InChI=1S/C19H19ClN4O2/c1-10-5-23-17(25)15-13(7-22-16(10)15)18(26)24-8-11-4-19(11,9-24)14-3-2-12(20)6-21-14/h2-3,5-7,11,14,21-22H,4,8-9H2,1H3,(H,23,25). The highest BCUT2D eigenvalue weighted by Crippen LogP contribution is 2.60. The van der Waals surface area contributed by atoms with E-state index in [-0.39, 0.29) is 22.9 Å². The van der Waals surface area contributed by atoms with Gasteiger partial charge in [0.1, 0.15) is 0 Å². The summed E-state index contributed by atoms with van der Waals surface area (Å²) < 4.78 is 0. The minimum absolute atomic E-state index is 0.0766. The van der Waals surface area contributed by atoms with Gasteiger partial charge in [0.05, 0.1) is 27.5 Å². The molecule has 3 N–H and O–H groups in total. The summed E-state index contributed by atoms with van der Waals surface area (Å²) >= 11 is 5.99. The van der Waals surface area contributed by atoms with Crippen LogP contribution in [0.5, 0.6) is 0 Å². The van der Waals surface area contributed by atoms with Crippen LogP contribution in [0.1, 0.15) is 22.3 Å². The van der Waals surface area contributed by atoms with Crippen LogP contribution in [-0.2, 0) is 0 Å². The van der Waals surface area contributed by atoms with E-state index in [9.17, 15) is 9.59 Å². The Labute approximate surface area is 154 Å². The lowest BCUT2D eigenvalue weighted by Gasteiger charge is -2.27. The number of allylic oxidation sites excluding steroid dienone is 2. The number of nitrogens with zero attached hydrogens (tertiary/aromatic N) is 1. The fourth-order valence-corrected chi connectivity index (χ4v) is 4.74. The first-order valence-electron chi connectivity index (χ1n) is 8.78. The summed E-state index contributed by atoms with van der Waals surface area (Å²) in [6.45, 7) is 3.34. The molecule has 0 radical (unpaired) electrons. The second-order valence-electron chi connectivity index (χ2n) is 7.61. The van der Waals surface area contributed by atoms with Crippen molar-refractivity contribution in [1.82, 2.24) is 20.2 Å². The van der Waals surface area contributed by atoms with E-state index in [1.807, 2.05) is 24.1 Å². The maximum atomic E-state index is 13.1. The SMILES string of the molecule is Cc1c[nH]c(=O)c2c(C(=O)N3CC4CC4(C4C=CC(Cl)=CN4)C3)c[nH]c12. The number of H-pyrrole nitrogens is 2. The number of aromatic amines is 2. The van der Waals surface area contributed by atoms with E-state index in [1.54, 1.807) is 12.4 Å². The van der Waals surface area contributed by atoms with Gasteiger partial charge in [-0.2, -0.15) is 0 Å². The molecule has 1 amide bonds. The van der Waals surface area contributed by atoms with Crippen molar-refractivity contribution in [3.05, 3.63) is 57.3 Å². The number of aryl methyl sites for hydroxylation is 1. The first kappa shape index (κ1) is 15.8. The third kappa shape index (κ3) is 2.11. The molecule has 1 saturated carbocycles. The molecule has 0 spiro atoms. The number of nitrogens with one attached hydrogen (secondary N) is 3. The number of carbonyl (C=O) groups excluding carboxylic acids is 1. The molecule has 0 bridgehead atoms. The molecule has 1 saturated heterocycles. The molecule has 5 rings (SSSR count). The Balaban J connectivity index is 1.43. The lowest BCUT2D eigenvalue weighted by atomic mass is 9.94. The van der Waals surface area contributed by atoms with Crippen LogP contribution >= 0.6 is 11.6 Å². The molecule has 2 aromatic rings. The highest BCUT2D eigenvalue weighted by Gasteiger charge is 2.64. The van der Waals surface area contributed by atoms with Gasteiger partial charge in [0.2, 0.25) is 0 Å². The van der Waals surface area contributed by atoms with Crippen molar-refractivity contribution in [2.24, 2.45) is 11.3 Å². The lowest BCUT2D eigenvalue weighted by molar-refractivity contribution is 0.0763. The average Bonchev–Trinajstić information content (AvgIpc) is 3.01. The Kier molecular flexibility index (Phi) is 3.19. The van der Waals surface area contributed by atoms with Crippen molar-refractivity contribution in [3.63, 3.8) is 0 Å². The Hall–Kier alpha value is -2.47. The van der Waals surface area contributed by atoms with Crippen molar-refractivity contribution >= 4 is 28.4 Å². The number of fused-ring (bicyclic) bond motifs is 2. The molecule has 2 fully saturated rings. The van der Waals surface area contributed by atoms with Crippen molar-refractivity contribution in [2.75, 3.05) is 13.1 Å². The first-order chi connectivity index (χ1) is 12.5. The van der Waals surface area contributed by atoms with Crippen molar-refractivity contribution in [2.45, 2.75) is 19.4 Å². The zero-order valence-electron chi connectivity index (χ0n) is 14.3. The fourth-order valence-electron chi connectivity index (χ4n) is 4.61. The number of carbonyl (C=O) groups is 1. The number of dihydropyridines is 1. The van der Waals surface area contributed by atoms with Crippen LogP contribution in [0.15, 0.2) is 40.6 Å². The number of pyridine rings is 1. The van der Waals surface area contributed by atoms with Crippen LogP contribution in [-0.4, -0.2) is 39.9 Å². The second kappa shape index (κ2) is 5.27. The van der Waals surface area contributed by atoms with Crippen molar-refractivity contribution in [1.29, 1.82) is 0 Å². The predicted molar refractivity (Wildman–Crippen MR) is 100 cm³/mol. The Morgan fingerprint density at radius 1 is 1.35 bits per heavy atom. The number of piperidine rings is 1. The normalized spacial score (nSPS) is 29.5. The predicted octanol–water partition coefficient (Wildman–Crippen LogP) is 2.23. The smallest absolute Gasteiger partial charge is 0.258 e. The quantitative estimate of drug-likeness (QED) is 0.758. The lowest BCUT2D eigenvalue weighted by Crippen LogP contribution is -2.40. The number of likely N-dealkylation sites (tertiary alicyclic amines) is 1. The molecule has 3 aliphatic rings. The van der Waals surface area contributed by atoms with Gasteiger partial charge in [-0.15, -0.1) is 0 Å². The highest BCUT2D eigenvalue weighted by atomic mass is 35.5. The summed E-state index contributed by atoms with van der Waals surface area (Å²) in [7, 11) is 0. The maximum absolute atomic E-state index is 13.1. The Morgan fingerprint density at radius 3 is 2.96 bits per heavy atom. The van der Waals surface area contributed by atoms with Crippen LogP contribution in [0.25, 0.3) is 10.9 Å². The molecule has 3 unspecified atom stereocenters. The van der Waals surface area contributed by atoms with Gasteiger partial charge in [0.15, 0.2) is 0 Å². The molecule has 1 aliphatic carbocycles. The van der Waals surface area contributed by atoms with Gasteiger partial charge in [-0.3, -0.25) is 9.59 Å². The molecule has 26 heavy (non-hydrogen) atoms. The van der Waals surface area contributed by atoms with E-state index in [1.165, 1.54) is 0 Å². The zero-order chi connectivity index (χ0) is 18.1. The molecule has 7 heteroatoms. The third-order valence-corrected chi connectivity index (χ3v) is 6.35. The van der Waals surface area contributed by atoms with E-state index in [0.717, 1.165) is 24.0 Å². The maximum Gasteiger partial charge on any atom is 0.258 e. The summed E-state index contributed by atoms with van der Waals surface area (Å²) in [6.07, 6.45) is 10.3. The molecule has 134 valence electrons. The fraction of sp³-hybridized carbons (Fsp3) is 0.368. The van der Waals surface area contributed by atoms with Crippen LogP contribution in [0.2, 0.25) is 0 Å². The number of hydrogen-bond acceptors (Lipinski definition) is 3. The van der Waals surface area contributed by atoms with E-state index < -0.39 is 0 Å². The summed E-state index contributed by atoms with van der Waals surface area (Å²) in [6, 6.07) is 0.196. The van der Waals surface area contributed by atoms with Gasteiger partial charge in [-0.05, 0) is 30.9 Å². The van der Waals surface area contributed by atoms with Gasteiger partial charge in [0.25, 0.3) is 11.5 Å². The topological polar surface area (TPSA) is 81.0 Å². The molecular weight excluding hydrogens is 352 g/mol. The van der Waals surface area contributed by atoms with E-state index >= 15 is 0 Å². The average molecular weight is 371 g/mol. The molecule has 2 aromatic heterocycles. The minimum atomic E-state index is -0.231. The van der Waals surface area contributed by atoms with Crippen molar-refractivity contribution in [3.8, 4) is 0 Å². The number of rotatable bonds is 2. The number of amides is 1. The van der Waals surface area contributed by atoms with Crippen molar-refractivity contribution < 1.29 is 4.79 Å². The summed E-state index contributed by atoms with van der Waals surface area (Å²) in [5.41, 5.74) is 1.95. The largest absolute Gasteiger partial charge is 0.383 e. The monoisotopic (exact) mass is 370 g/mol. The molecule has 3 atom stereocenters. The Bertz CT molecular complexity index is 1050. The van der Waals surface area contributed by atoms with Crippen LogP contribution < -0.4 is 10.9 Å². The summed E-state index contributed by atoms with van der Waals surface area (Å²) in [4.78, 5) is 33.1. The van der Waals surface area contributed by atoms with Crippen LogP contribution in [0, 0.1) is 18.3 Å². The van der Waals surface area contributed by atoms with Crippen LogP contribution in [0.3, 0.4) is 0 Å². The molecular formula is C19H19ClN4O2. The summed E-state index contributed by atoms with van der Waals surface area (Å²) in [5, 5.41) is 4.50. The zero-order valence-corrected chi connectivity index (χ0v) is 15.1. The molecule has 4 heterocycles. The summed E-state index contributed by atoms with van der Waals surface area (Å²) in [5.74, 6) is 0.413. The minimum Gasteiger partial charge on any atom is -0.383 e. The van der Waals surface area contributed by atoms with Crippen LogP contribution in [0.4, 0.5) is 0 Å². The molecule has 2 aliphatic heterocycles. The van der Waals surface area contributed by atoms with Gasteiger partial charge in [0, 0.05) is 37.1 Å². The first-order valence-corrected chi connectivity index (χ1v) is 9.16. The van der Waals surface area contributed by atoms with E-state index in [0.29, 0.717) is 28.4 Å². The molecule has 6 nitrogen and oxygen atoms in total. The number of aromatic nitrogens is 2.